The van der Waals surface area contributed by atoms with E-state index >= 15 is 0 Å². The minimum absolute atomic E-state index is 0.367. The van der Waals surface area contributed by atoms with Gasteiger partial charge in [-0.3, -0.25) is 5.21 Å². The predicted octanol–water partition coefficient (Wildman–Crippen LogP) is 1.11. The second kappa shape index (κ2) is 4.54. The van der Waals surface area contributed by atoms with E-state index in [4.69, 9.17) is 5.21 Å². The van der Waals surface area contributed by atoms with Gasteiger partial charge in [-0.05, 0) is 24.4 Å². The van der Waals surface area contributed by atoms with E-state index in [0.717, 1.165) is 0 Å². The van der Waals surface area contributed by atoms with Crippen LogP contribution in [0.5, 0.6) is 0 Å². The molecule has 2 N–H and O–H groups in total. The van der Waals surface area contributed by atoms with E-state index < -0.39 is 5.97 Å². The molecule has 0 aromatic heterocycles. The van der Waals surface area contributed by atoms with Gasteiger partial charge in [-0.2, -0.15) is 0 Å². The molecule has 0 heterocycles. The third-order valence-corrected chi connectivity index (χ3v) is 1.46. The zero-order valence-electron chi connectivity index (χ0n) is 6.56. The van der Waals surface area contributed by atoms with Crippen LogP contribution in [0.15, 0.2) is 30.3 Å². The molecule has 0 saturated carbocycles. The summed E-state index contributed by atoms with van der Waals surface area (Å²) in [5.41, 5.74) is 1.93. The highest BCUT2D eigenvalue weighted by Crippen LogP contribution is 2.00. The van der Waals surface area contributed by atoms with E-state index in [1.807, 2.05) is 0 Å². The van der Waals surface area contributed by atoms with Gasteiger partial charge in [-0.15, -0.1) is 0 Å². The first kappa shape index (κ1) is 9.63. The SMILES string of the molecule is O=C(OC(=S)NO)c1ccccc1. The molecule has 0 saturated heterocycles. The van der Waals surface area contributed by atoms with Crippen molar-refractivity contribution in [3.8, 4) is 0 Å². The molecule has 13 heavy (non-hydrogen) atoms. The number of thiocarbonyl (C=S) groups is 1. The van der Waals surface area contributed by atoms with Crippen molar-refractivity contribution in [3.05, 3.63) is 35.9 Å². The Bertz CT molecular complexity index is 312. The number of hydrogen-bond donors (Lipinski definition) is 2. The van der Waals surface area contributed by atoms with Crippen LogP contribution in [-0.4, -0.2) is 16.4 Å². The number of carbonyl (C=O) groups excluding carboxylic acids is 1. The summed E-state index contributed by atoms with van der Waals surface area (Å²) >= 11 is 4.43. The van der Waals surface area contributed by atoms with Crippen LogP contribution in [0, 0.1) is 0 Å². The Labute approximate surface area is 80.1 Å². The van der Waals surface area contributed by atoms with Crippen LogP contribution >= 0.6 is 12.2 Å². The maximum Gasteiger partial charge on any atom is 0.345 e. The van der Waals surface area contributed by atoms with Crippen molar-refractivity contribution in [3.63, 3.8) is 0 Å². The van der Waals surface area contributed by atoms with Crippen LogP contribution in [0.25, 0.3) is 0 Å². The molecule has 68 valence electrons. The first-order chi connectivity index (χ1) is 6.24. The quantitative estimate of drug-likeness (QED) is 0.401. The van der Waals surface area contributed by atoms with Crippen molar-refractivity contribution in [2.45, 2.75) is 0 Å². The number of nitrogens with one attached hydrogen (secondary N) is 1. The van der Waals surface area contributed by atoms with Gasteiger partial charge in [-0.1, -0.05) is 18.2 Å². The first-order valence-corrected chi connectivity index (χ1v) is 3.86. The third-order valence-electron chi connectivity index (χ3n) is 1.29. The van der Waals surface area contributed by atoms with Gasteiger partial charge in [0.25, 0.3) is 5.17 Å². The Morgan fingerprint density at radius 3 is 2.54 bits per heavy atom. The molecule has 4 nitrogen and oxygen atoms in total. The number of ether oxygens (including phenoxy) is 1. The molecule has 0 aliphatic carbocycles. The standard InChI is InChI=1S/C8H7NO3S/c10-7(12-8(13)9-11)6-4-2-1-3-5-6/h1-5,11H,(H,9,13). The van der Waals surface area contributed by atoms with Crippen LogP contribution in [0.4, 0.5) is 0 Å². The fraction of sp³-hybridized carbons (Fsp3) is 0. The average Bonchev–Trinajstić information content (AvgIpc) is 2.19. The zero-order chi connectivity index (χ0) is 9.68. The number of rotatable bonds is 1. The zero-order valence-corrected chi connectivity index (χ0v) is 7.38. The van der Waals surface area contributed by atoms with E-state index in [9.17, 15) is 4.79 Å². The van der Waals surface area contributed by atoms with Crippen LogP contribution < -0.4 is 5.48 Å². The van der Waals surface area contributed by atoms with Crippen molar-refractivity contribution in [1.29, 1.82) is 0 Å². The van der Waals surface area contributed by atoms with Crippen molar-refractivity contribution >= 4 is 23.4 Å². The summed E-state index contributed by atoms with van der Waals surface area (Å²) in [4.78, 5) is 11.2. The van der Waals surface area contributed by atoms with Crippen molar-refractivity contribution in [2.75, 3.05) is 0 Å². The summed E-state index contributed by atoms with van der Waals surface area (Å²) in [5, 5.41) is 7.90. The highest BCUT2D eigenvalue weighted by molar-refractivity contribution is 7.80. The summed E-state index contributed by atoms with van der Waals surface area (Å²) in [6.45, 7) is 0. The van der Waals surface area contributed by atoms with Crippen molar-refractivity contribution < 1.29 is 14.7 Å². The fourth-order valence-electron chi connectivity index (χ4n) is 0.740. The minimum atomic E-state index is -0.604. The van der Waals surface area contributed by atoms with E-state index in [0.29, 0.717) is 5.56 Å². The Kier molecular flexibility index (Phi) is 3.36. The lowest BCUT2D eigenvalue weighted by Gasteiger charge is -2.02. The van der Waals surface area contributed by atoms with E-state index in [-0.39, 0.29) is 5.17 Å². The lowest BCUT2D eigenvalue weighted by molar-refractivity contribution is 0.0683. The highest BCUT2D eigenvalue weighted by Gasteiger charge is 2.07. The summed E-state index contributed by atoms with van der Waals surface area (Å²) in [6.07, 6.45) is 0. The molecule has 0 unspecified atom stereocenters. The first-order valence-electron chi connectivity index (χ1n) is 3.45. The van der Waals surface area contributed by atoms with Crippen LogP contribution in [0.1, 0.15) is 10.4 Å². The smallest absolute Gasteiger partial charge is 0.345 e. The molecule has 1 rings (SSSR count). The van der Waals surface area contributed by atoms with Crippen LogP contribution in [0.3, 0.4) is 0 Å². The fourth-order valence-corrected chi connectivity index (χ4v) is 0.816. The van der Waals surface area contributed by atoms with Crippen molar-refractivity contribution in [1.82, 2.24) is 5.48 Å². The van der Waals surface area contributed by atoms with E-state index in [2.05, 4.69) is 17.0 Å². The molecular weight excluding hydrogens is 190 g/mol. The Morgan fingerprint density at radius 1 is 1.38 bits per heavy atom. The molecule has 0 amide bonds. The molecule has 1 aromatic carbocycles. The lowest BCUT2D eigenvalue weighted by atomic mass is 10.2. The molecule has 0 atom stereocenters. The van der Waals surface area contributed by atoms with Gasteiger partial charge in [-0.25, -0.2) is 10.3 Å². The number of carbonyl (C=O) groups is 1. The molecule has 0 aliphatic heterocycles. The highest BCUT2D eigenvalue weighted by atomic mass is 32.1. The molecule has 5 heteroatoms. The summed E-state index contributed by atoms with van der Waals surface area (Å²) in [7, 11) is 0. The number of hydrogen-bond acceptors (Lipinski definition) is 4. The van der Waals surface area contributed by atoms with Gasteiger partial charge in [0.1, 0.15) is 0 Å². The molecule has 0 spiro atoms. The normalized spacial score (nSPS) is 9.00. The van der Waals surface area contributed by atoms with Crippen LogP contribution in [0.2, 0.25) is 0 Å². The Balaban J connectivity index is 2.65. The molecule has 0 radical (unpaired) electrons. The maximum atomic E-state index is 11.2. The van der Waals surface area contributed by atoms with E-state index in [1.165, 1.54) is 0 Å². The third kappa shape index (κ3) is 2.81. The largest absolute Gasteiger partial charge is 0.394 e. The number of benzene rings is 1. The molecule has 1 aromatic rings. The number of hydroxylamine groups is 1. The lowest BCUT2D eigenvalue weighted by Crippen LogP contribution is -2.23. The second-order valence-corrected chi connectivity index (χ2v) is 2.53. The summed E-state index contributed by atoms with van der Waals surface area (Å²) < 4.78 is 4.52. The predicted molar refractivity (Wildman–Crippen MR) is 49.4 cm³/mol. The summed E-state index contributed by atoms with van der Waals surface area (Å²) in [6, 6.07) is 8.35. The second-order valence-electron chi connectivity index (χ2n) is 2.15. The number of esters is 1. The Hall–Kier alpha value is -1.46. The monoisotopic (exact) mass is 197 g/mol. The van der Waals surface area contributed by atoms with Gasteiger partial charge in [0.15, 0.2) is 0 Å². The average molecular weight is 197 g/mol. The van der Waals surface area contributed by atoms with Gasteiger partial charge < -0.3 is 4.74 Å². The molecule has 0 bridgehead atoms. The van der Waals surface area contributed by atoms with E-state index in [1.54, 1.807) is 35.8 Å². The van der Waals surface area contributed by atoms with Gasteiger partial charge in [0, 0.05) is 0 Å². The molecular formula is C8H7NO3S. The van der Waals surface area contributed by atoms with Crippen molar-refractivity contribution in [2.24, 2.45) is 0 Å². The van der Waals surface area contributed by atoms with Gasteiger partial charge in [0.2, 0.25) is 0 Å². The van der Waals surface area contributed by atoms with Gasteiger partial charge in [0.05, 0.1) is 5.56 Å². The molecule has 0 aliphatic rings. The molecule has 0 fully saturated rings. The summed E-state index contributed by atoms with van der Waals surface area (Å²) in [5.74, 6) is -0.604. The Morgan fingerprint density at radius 2 is 2.00 bits per heavy atom. The minimum Gasteiger partial charge on any atom is -0.394 e. The topological polar surface area (TPSA) is 58.6 Å². The van der Waals surface area contributed by atoms with Gasteiger partial charge >= 0.3 is 5.97 Å². The van der Waals surface area contributed by atoms with Crippen LogP contribution in [-0.2, 0) is 4.74 Å². The maximum absolute atomic E-state index is 11.2.